The maximum atomic E-state index is 12.1. The molecular weight excluding hydrogens is 406 g/mol. The van der Waals surface area contributed by atoms with Crippen LogP contribution in [0.5, 0.6) is 0 Å². The van der Waals surface area contributed by atoms with Gasteiger partial charge in [-0.1, -0.05) is 18.2 Å². The number of amides is 2. The van der Waals surface area contributed by atoms with Crippen molar-refractivity contribution in [3.63, 3.8) is 0 Å². The quantitative estimate of drug-likeness (QED) is 0.134. The number of aliphatic carboxylic acids is 2. The third-order valence-corrected chi connectivity index (χ3v) is 4.82. The minimum atomic E-state index is -1.28. The normalized spacial score (nSPS) is 13.8. The molecule has 0 aliphatic rings. The molecule has 0 saturated heterocycles. The van der Waals surface area contributed by atoms with Crippen molar-refractivity contribution in [3.05, 3.63) is 0 Å². The zero-order valence-electron chi connectivity index (χ0n) is 16.0. The van der Waals surface area contributed by atoms with E-state index in [4.69, 9.17) is 27.4 Å². The third kappa shape index (κ3) is 12.8. The van der Waals surface area contributed by atoms with Crippen LogP contribution in [0.15, 0.2) is 0 Å². The molecule has 3 atom stereocenters. The molecular formula is C16H29N5O7S. The number of nitrogens with two attached hydrogens (primary N) is 3. The Morgan fingerprint density at radius 2 is 1.62 bits per heavy atom. The molecule has 0 saturated carbocycles. The second-order valence-corrected chi connectivity index (χ2v) is 7.26. The van der Waals surface area contributed by atoms with Crippen molar-refractivity contribution in [2.24, 2.45) is 17.2 Å². The molecule has 0 aromatic rings. The number of hydrogen-bond donors (Lipinski definition) is 7. The molecule has 2 amide bonds. The molecule has 0 rings (SSSR count). The maximum Gasteiger partial charge on any atom is 0.322 e. The molecule has 0 bridgehead atoms. The highest BCUT2D eigenvalue weighted by Crippen LogP contribution is 2.11. The number of carboxylic acid groups (broad SMARTS) is 2. The van der Waals surface area contributed by atoms with Gasteiger partial charge in [0.1, 0.15) is 18.6 Å². The van der Waals surface area contributed by atoms with Crippen LogP contribution in [-0.2, 0) is 24.0 Å². The monoisotopic (exact) mass is 435 g/mol. The summed E-state index contributed by atoms with van der Waals surface area (Å²) in [5.41, 5.74) is 16.5. The van der Waals surface area contributed by atoms with E-state index in [0.717, 1.165) is 18.2 Å². The summed E-state index contributed by atoms with van der Waals surface area (Å²) in [4.78, 5) is 57.5. The predicted octanol–water partition coefficient (Wildman–Crippen LogP) is -2.42. The summed E-state index contributed by atoms with van der Waals surface area (Å²) >= 11 is 0.748. The van der Waals surface area contributed by atoms with Crippen molar-refractivity contribution in [2.45, 2.75) is 50.2 Å². The number of carboxylic acids is 2. The van der Waals surface area contributed by atoms with Crippen LogP contribution in [0.4, 0.5) is 0 Å². The fourth-order valence-corrected chi connectivity index (χ4v) is 2.94. The number of carbonyl (C=O) groups is 5. The summed E-state index contributed by atoms with van der Waals surface area (Å²) in [6, 6.07) is -3.19. The summed E-state index contributed by atoms with van der Waals surface area (Å²) < 4.78 is 0. The maximum absolute atomic E-state index is 12.1. The van der Waals surface area contributed by atoms with Crippen LogP contribution in [0.2, 0.25) is 0 Å². The zero-order valence-corrected chi connectivity index (χ0v) is 16.8. The van der Waals surface area contributed by atoms with Crippen molar-refractivity contribution < 1.29 is 34.2 Å². The molecule has 0 aliphatic carbocycles. The molecule has 166 valence electrons. The summed E-state index contributed by atoms with van der Waals surface area (Å²) in [7, 11) is 0. The Bertz CT molecular complexity index is 590. The standard InChI is InChI=1S/C16H29N5O7S/c17-6-2-1-3-10(19)16(28)29-8-11(14(25)20-7-13(23)24)21-12(22)5-4-9(18)15(26)27/h9-11H,1-8,17-19H2,(H,20,25)(H,21,22)(H,23,24)(H,26,27)/t9-,10-,11-/m0/s1. The highest BCUT2D eigenvalue weighted by Gasteiger charge is 2.25. The van der Waals surface area contributed by atoms with Gasteiger partial charge < -0.3 is 38.0 Å². The highest BCUT2D eigenvalue weighted by atomic mass is 32.2. The minimum Gasteiger partial charge on any atom is -0.480 e. The van der Waals surface area contributed by atoms with Gasteiger partial charge in [0.25, 0.3) is 0 Å². The fourth-order valence-electron chi connectivity index (χ4n) is 2.04. The predicted molar refractivity (Wildman–Crippen MR) is 106 cm³/mol. The minimum absolute atomic E-state index is 0.150. The van der Waals surface area contributed by atoms with Gasteiger partial charge in [0.15, 0.2) is 0 Å². The lowest BCUT2D eigenvalue weighted by Crippen LogP contribution is -2.50. The van der Waals surface area contributed by atoms with Crippen molar-refractivity contribution in [2.75, 3.05) is 18.8 Å². The Morgan fingerprint density at radius 3 is 2.17 bits per heavy atom. The number of carbonyl (C=O) groups excluding carboxylic acids is 3. The van der Waals surface area contributed by atoms with Crippen LogP contribution >= 0.6 is 11.8 Å². The van der Waals surface area contributed by atoms with Crippen LogP contribution < -0.4 is 27.8 Å². The molecule has 0 heterocycles. The Hall–Kier alpha value is -2.22. The zero-order chi connectivity index (χ0) is 22.4. The summed E-state index contributed by atoms with van der Waals surface area (Å²) in [6.07, 6.45) is 1.42. The van der Waals surface area contributed by atoms with Crippen molar-refractivity contribution >= 4 is 40.6 Å². The molecule has 12 nitrogen and oxygen atoms in total. The number of thioether (sulfide) groups is 1. The van der Waals surface area contributed by atoms with Crippen molar-refractivity contribution in [1.29, 1.82) is 0 Å². The van der Waals surface area contributed by atoms with Crippen LogP contribution in [0.3, 0.4) is 0 Å². The molecule has 0 unspecified atom stereocenters. The van der Waals surface area contributed by atoms with Crippen LogP contribution in [0, 0.1) is 0 Å². The van der Waals surface area contributed by atoms with E-state index in [0.29, 0.717) is 19.4 Å². The van der Waals surface area contributed by atoms with Gasteiger partial charge in [-0.3, -0.25) is 24.0 Å². The molecule has 0 aromatic carbocycles. The number of hydrogen-bond acceptors (Lipinski definition) is 9. The molecule has 29 heavy (non-hydrogen) atoms. The number of rotatable bonds is 15. The highest BCUT2D eigenvalue weighted by molar-refractivity contribution is 8.13. The molecule has 0 aliphatic heterocycles. The second kappa shape index (κ2) is 14.7. The van der Waals surface area contributed by atoms with Crippen molar-refractivity contribution in [3.8, 4) is 0 Å². The number of nitrogens with one attached hydrogen (secondary N) is 2. The Labute approximate surface area is 172 Å². The van der Waals surface area contributed by atoms with Gasteiger partial charge in [0, 0.05) is 12.2 Å². The Morgan fingerprint density at radius 1 is 0.966 bits per heavy atom. The molecule has 10 N–H and O–H groups in total. The van der Waals surface area contributed by atoms with Crippen LogP contribution in [0.1, 0.15) is 32.1 Å². The van der Waals surface area contributed by atoms with Gasteiger partial charge in [-0.2, -0.15) is 0 Å². The second-order valence-electron chi connectivity index (χ2n) is 6.24. The van der Waals surface area contributed by atoms with E-state index in [-0.39, 0.29) is 23.7 Å². The van der Waals surface area contributed by atoms with Gasteiger partial charge in [-0.05, 0) is 25.8 Å². The first-order valence-corrected chi connectivity index (χ1v) is 9.96. The van der Waals surface area contributed by atoms with Crippen LogP contribution in [0.25, 0.3) is 0 Å². The van der Waals surface area contributed by atoms with Gasteiger partial charge in [0.05, 0.1) is 6.04 Å². The first kappa shape index (κ1) is 26.8. The lowest BCUT2D eigenvalue weighted by molar-refractivity contribution is -0.139. The van der Waals surface area contributed by atoms with E-state index in [1.165, 1.54) is 0 Å². The third-order valence-electron chi connectivity index (χ3n) is 3.73. The lowest BCUT2D eigenvalue weighted by atomic mass is 10.1. The van der Waals surface area contributed by atoms with Gasteiger partial charge in [0.2, 0.25) is 16.9 Å². The molecule has 0 radical (unpaired) electrons. The van der Waals surface area contributed by atoms with Crippen LogP contribution in [-0.4, -0.2) is 76.0 Å². The molecule has 0 fully saturated rings. The first-order chi connectivity index (χ1) is 13.6. The van der Waals surface area contributed by atoms with E-state index in [1.807, 2.05) is 0 Å². The van der Waals surface area contributed by atoms with E-state index in [9.17, 15) is 24.0 Å². The van der Waals surface area contributed by atoms with E-state index in [1.54, 1.807) is 0 Å². The van der Waals surface area contributed by atoms with Gasteiger partial charge in [-0.15, -0.1) is 0 Å². The molecule has 13 heteroatoms. The van der Waals surface area contributed by atoms with E-state index >= 15 is 0 Å². The van der Waals surface area contributed by atoms with Gasteiger partial charge in [-0.25, -0.2) is 0 Å². The summed E-state index contributed by atoms with van der Waals surface area (Å²) in [6.45, 7) is -0.177. The first-order valence-electron chi connectivity index (χ1n) is 8.98. The fraction of sp³-hybridized carbons (Fsp3) is 0.688. The topological polar surface area (TPSA) is 228 Å². The van der Waals surface area contributed by atoms with Gasteiger partial charge >= 0.3 is 11.9 Å². The Kier molecular flexibility index (Phi) is 13.6. The SMILES string of the molecule is NCCCC[C@H](N)C(=O)SC[C@H](NC(=O)CC[C@H](N)C(=O)O)C(=O)NCC(=O)O. The largest absolute Gasteiger partial charge is 0.480 e. The van der Waals surface area contributed by atoms with E-state index < -0.39 is 48.4 Å². The van der Waals surface area contributed by atoms with Crippen molar-refractivity contribution in [1.82, 2.24) is 10.6 Å². The summed E-state index contributed by atoms with van der Waals surface area (Å²) in [5, 5.41) is 21.5. The molecule has 0 aromatic heterocycles. The number of unbranched alkanes of at least 4 members (excludes halogenated alkanes) is 1. The summed E-state index contributed by atoms with van der Waals surface area (Å²) in [5.74, 6) is -4.15. The molecule has 0 spiro atoms. The average Bonchev–Trinajstić information content (AvgIpc) is 2.66. The van der Waals surface area contributed by atoms with E-state index in [2.05, 4.69) is 10.6 Å². The Balaban J connectivity index is 4.77. The average molecular weight is 436 g/mol. The lowest BCUT2D eigenvalue weighted by Gasteiger charge is -2.18. The smallest absolute Gasteiger partial charge is 0.322 e.